The first kappa shape index (κ1) is 17.3. The fraction of sp³-hybridized carbons (Fsp3) is 0.625. The summed E-state index contributed by atoms with van der Waals surface area (Å²) in [5.74, 6) is 0.282. The molecule has 1 atom stereocenters. The molecule has 0 aliphatic rings. The van der Waals surface area contributed by atoms with Gasteiger partial charge in [-0.05, 0) is 36.0 Å². The van der Waals surface area contributed by atoms with Gasteiger partial charge < -0.3 is 5.11 Å². The van der Waals surface area contributed by atoms with E-state index in [1.807, 2.05) is 26.0 Å². The predicted molar refractivity (Wildman–Crippen MR) is 81.3 cm³/mol. The Balaban J connectivity index is 0.00000137. The molecule has 104 valence electrons. The number of phenolic OH excluding ortho intramolecular Hbond substituents is 1. The van der Waals surface area contributed by atoms with Crippen LogP contribution in [-0.4, -0.2) is 5.11 Å². The van der Waals surface area contributed by atoms with Crippen LogP contribution in [0.5, 0.6) is 5.75 Å². The third-order valence-corrected chi connectivity index (χ3v) is 3.35. The molecule has 0 aliphatic heterocycles. The van der Waals surface area contributed by atoms with Gasteiger partial charge in [0.15, 0.2) is 0 Å². The highest BCUT2D eigenvalue weighted by Crippen LogP contribution is 2.43. The maximum atomic E-state index is 9.51. The number of halogens is 1. The molecule has 0 radical (unpaired) electrons. The first-order valence-electron chi connectivity index (χ1n) is 6.75. The topological polar surface area (TPSA) is 20.2 Å². The Kier molecular flexibility index (Phi) is 6.77. The molecule has 1 aromatic rings. The molecule has 1 N–H and O–H groups in total. The molecule has 0 saturated carbocycles. The quantitative estimate of drug-likeness (QED) is 0.699. The molecule has 0 bridgehead atoms. The summed E-state index contributed by atoms with van der Waals surface area (Å²) in [6, 6.07) is 7.28. The summed E-state index contributed by atoms with van der Waals surface area (Å²) in [6.45, 7) is 12.6. The van der Waals surface area contributed by atoms with Gasteiger partial charge in [0.25, 0.3) is 0 Å². The van der Waals surface area contributed by atoms with Crippen LogP contribution in [0.25, 0.3) is 0 Å². The van der Waals surface area contributed by atoms with Crippen molar-refractivity contribution < 1.29 is 5.11 Å². The molecule has 2 heteroatoms. The summed E-state index contributed by atoms with van der Waals surface area (Å²) >= 11 is 6.69. The second-order valence-electron chi connectivity index (χ2n) is 5.61. The van der Waals surface area contributed by atoms with Gasteiger partial charge in [0.2, 0.25) is 0 Å². The van der Waals surface area contributed by atoms with Crippen LogP contribution in [0.15, 0.2) is 24.3 Å². The minimum atomic E-state index is -0.378. The molecule has 1 rings (SSSR count). The van der Waals surface area contributed by atoms with Crippen molar-refractivity contribution in [2.45, 2.75) is 59.3 Å². The lowest BCUT2D eigenvalue weighted by Gasteiger charge is -2.33. The largest absolute Gasteiger partial charge is 0.508 e. The zero-order valence-corrected chi connectivity index (χ0v) is 13.3. The molecule has 1 unspecified atom stereocenters. The molecule has 0 fully saturated rings. The number of rotatable bonds is 3. The zero-order valence-electron chi connectivity index (χ0n) is 12.5. The van der Waals surface area contributed by atoms with Crippen molar-refractivity contribution in [3.63, 3.8) is 0 Å². The molecule has 0 saturated heterocycles. The maximum absolute atomic E-state index is 9.51. The Bertz CT molecular complexity index is 354. The summed E-state index contributed by atoms with van der Waals surface area (Å²) in [5, 5.41) is 9.51. The Morgan fingerprint density at radius 3 is 2.11 bits per heavy atom. The normalized spacial score (nSPS) is 14.4. The monoisotopic (exact) mass is 270 g/mol. The van der Waals surface area contributed by atoms with Gasteiger partial charge in [0.05, 0.1) is 4.87 Å². The fourth-order valence-corrected chi connectivity index (χ4v) is 2.57. The van der Waals surface area contributed by atoms with Crippen LogP contribution in [0.4, 0.5) is 0 Å². The van der Waals surface area contributed by atoms with E-state index in [1.165, 1.54) is 0 Å². The predicted octanol–water partition coefficient (Wildman–Crippen LogP) is 5.70. The Hall–Kier alpha value is -0.690. The number of aromatic hydroxyl groups is 1. The number of benzene rings is 1. The highest BCUT2D eigenvalue weighted by molar-refractivity contribution is 6.24. The standard InChI is InChI=1S/C14H21ClO.C2H6/c1-5-14(15,10-13(2,3)4)11-7-6-8-12(16)9-11;1-2/h6-9,16H,5,10H2,1-4H3;1-2H3. The van der Waals surface area contributed by atoms with E-state index in [0.717, 1.165) is 18.4 Å². The average molecular weight is 271 g/mol. The van der Waals surface area contributed by atoms with Crippen molar-refractivity contribution >= 4 is 11.6 Å². The van der Waals surface area contributed by atoms with Crippen molar-refractivity contribution in [3.8, 4) is 5.75 Å². The summed E-state index contributed by atoms with van der Waals surface area (Å²) in [7, 11) is 0. The summed E-state index contributed by atoms with van der Waals surface area (Å²) < 4.78 is 0. The highest BCUT2D eigenvalue weighted by Gasteiger charge is 2.32. The van der Waals surface area contributed by atoms with Gasteiger partial charge in [0.1, 0.15) is 5.75 Å². The molecule has 0 amide bonds. The number of hydrogen-bond donors (Lipinski definition) is 1. The minimum Gasteiger partial charge on any atom is -0.508 e. The van der Waals surface area contributed by atoms with E-state index in [9.17, 15) is 5.11 Å². The Morgan fingerprint density at radius 1 is 1.17 bits per heavy atom. The first-order valence-corrected chi connectivity index (χ1v) is 7.13. The van der Waals surface area contributed by atoms with Crippen LogP contribution >= 0.6 is 11.6 Å². The third-order valence-electron chi connectivity index (χ3n) is 2.73. The number of hydrogen-bond acceptors (Lipinski definition) is 1. The van der Waals surface area contributed by atoms with E-state index >= 15 is 0 Å². The van der Waals surface area contributed by atoms with E-state index in [2.05, 4.69) is 27.7 Å². The fourth-order valence-electron chi connectivity index (χ4n) is 2.06. The van der Waals surface area contributed by atoms with E-state index in [-0.39, 0.29) is 16.0 Å². The van der Waals surface area contributed by atoms with Crippen LogP contribution < -0.4 is 0 Å². The Labute approximate surface area is 117 Å². The highest BCUT2D eigenvalue weighted by atomic mass is 35.5. The van der Waals surface area contributed by atoms with Gasteiger partial charge in [-0.3, -0.25) is 0 Å². The molecule has 1 nitrogen and oxygen atoms in total. The van der Waals surface area contributed by atoms with Crippen molar-refractivity contribution in [1.29, 1.82) is 0 Å². The average Bonchev–Trinajstić information content (AvgIpc) is 2.29. The molecule has 0 aliphatic carbocycles. The van der Waals surface area contributed by atoms with Crippen LogP contribution in [0.2, 0.25) is 0 Å². The molecule has 0 heterocycles. The summed E-state index contributed by atoms with van der Waals surface area (Å²) in [4.78, 5) is -0.378. The second-order valence-corrected chi connectivity index (χ2v) is 6.33. The van der Waals surface area contributed by atoms with E-state index in [4.69, 9.17) is 11.6 Å². The minimum absolute atomic E-state index is 0.170. The molecule has 0 aromatic heterocycles. The SMILES string of the molecule is CC.CCC(Cl)(CC(C)(C)C)c1cccc(O)c1. The van der Waals surface area contributed by atoms with Gasteiger partial charge >= 0.3 is 0 Å². The van der Waals surface area contributed by atoms with Crippen molar-refractivity contribution in [2.24, 2.45) is 5.41 Å². The number of phenols is 1. The van der Waals surface area contributed by atoms with Crippen LogP contribution in [0.1, 0.15) is 59.9 Å². The lowest BCUT2D eigenvalue weighted by molar-refractivity contribution is 0.310. The van der Waals surface area contributed by atoms with Crippen molar-refractivity contribution in [1.82, 2.24) is 0 Å². The third kappa shape index (κ3) is 5.30. The number of alkyl halides is 1. The van der Waals surface area contributed by atoms with E-state index < -0.39 is 0 Å². The first-order chi connectivity index (χ1) is 8.27. The summed E-state index contributed by atoms with van der Waals surface area (Å²) in [5.41, 5.74) is 1.18. The van der Waals surface area contributed by atoms with Gasteiger partial charge in [-0.2, -0.15) is 0 Å². The lowest BCUT2D eigenvalue weighted by Crippen LogP contribution is -2.25. The smallest absolute Gasteiger partial charge is 0.115 e. The molecule has 18 heavy (non-hydrogen) atoms. The summed E-state index contributed by atoms with van der Waals surface area (Å²) in [6.07, 6.45) is 1.75. The van der Waals surface area contributed by atoms with Crippen molar-refractivity contribution in [3.05, 3.63) is 29.8 Å². The van der Waals surface area contributed by atoms with E-state index in [0.29, 0.717) is 0 Å². The Morgan fingerprint density at radius 2 is 1.72 bits per heavy atom. The van der Waals surface area contributed by atoms with Crippen molar-refractivity contribution in [2.75, 3.05) is 0 Å². The molecular weight excluding hydrogens is 244 g/mol. The second kappa shape index (κ2) is 7.04. The van der Waals surface area contributed by atoms with Crippen LogP contribution in [0.3, 0.4) is 0 Å². The van der Waals surface area contributed by atoms with Gasteiger partial charge in [-0.25, -0.2) is 0 Å². The molecule has 1 aromatic carbocycles. The molecular formula is C16H27ClO. The van der Waals surface area contributed by atoms with Gasteiger partial charge in [0, 0.05) is 0 Å². The van der Waals surface area contributed by atoms with Gasteiger partial charge in [-0.15, -0.1) is 11.6 Å². The van der Waals surface area contributed by atoms with E-state index in [1.54, 1.807) is 12.1 Å². The lowest BCUT2D eigenvalue weighted by atomic mass is 9.79. The van der Waals surface area contributed by atoms with Crippen LogP contribution in [0, 0.1) is 5.41 Å². The molecule has 0 spiro atoms. The van der Waals surface area contributed by atoms with Crippen LogP contribution in [-0.2, 0) is 4.87 Å². The zero-order chi connectivity index (χ0) is 14.4. The maximum Gasteiger partial charge on any atom is 0.115 e. The van der Waals surface area contributed by atoms with Gasteiger partial charge in [-0.1, -0.05) is 53.7 Å².